The maximum absolute atomic E-state index is 11.8. The lowest BCUT2D eigenvalue weighted by atomic mass is 10.0. The van der Waals surface area contributed by atoms with Gasteiger partial charge in [-0.05, 0) is 62.7 Å². The Balaban J connectivity index is 1.73. The van der Waals surface area contributed by atoms with Gasteiger partial charge in [-0.25, -0.2) is 4.79 Å². The lowest BCUT2D eigenvalue weighted by molar-refractivity contribution is 0.0526. The minimum atomic E-state index is -0.294. The number of anilines is 1. The molecule has 0 amide bonds. The van der Waals surface area contributed by atoms with Crippen molar-refractivity contribution in [1.82, 2.24) is 5.32 Å². The van der Waals surface area contributed by atoms with E-state index in [1.54, 1.807) is 13.0 Å². The van der Waals surface area contributed by atoms with Gasteiger partial charge in [0.1, 0.15) is 0 Å². The quantitative estimate of drug-likeness (QED) is 0.412. The van der Waals surface area contributed by atoms with Gasteiger partial charge in [0.2, 0.25) is 0 Å². The summed E-state index contributed by atoms with van der Waals surface area (Å²) in [5, 5.41) is 7.92. The van der Waals surface area contributed by atoms with Crippen LogP contribution in [0.25, 0.3) is 0 Å². The molecule has 25 heavy (non-hydrogen) atoms. The number of carbonyl (C=O) groups is 1. The van der Waals surface area contributed by atoms with Crippen molar-refractivity contribution in [2.24, 2.45) is 0 Å². The van der Waals surface area contributed by atoms with Gasteiger partial charge >= 0.3 is 5.97 Å². The van der Waals surface area contributed by atoms with E-state index in [-0.39, 0.29) is 5.97 Å². The van der Waals surface area contributed by atoms with Crippen molar-refractivity contribution >= 4 is 40.7 Å². The summed E-state index contributed by atoms with van der Waals surface area (Å²) in [5.41, 5.74) is 2.43. The molecular weight excluding hydrogens is 352 g/mol. The van der Waals surface area contributed by atoms with Crippen molar-refractivity contribution in [1.29, 1.82) is 0 Å². The first-order chi connectivity index (χ1) is 12.1. The van der Waals surface area contributed by atoms with E-state index in [4.69, 9.17) is 17.0 Å². The van der Waals surface area contributed by atoms with Crippen LogP contribution in [0, 0.1) is 6.92 Å². The van der Waals surface area contributed by atoms with Gasteiger partial charge in [0.05, 0.1) is 12.2 Å². The summed E-state index contributed by atoms with van der Waals surface area (Å²) < 4.78 is 5.02. The Hall–Kier alpha value is -1.27. The van der Waals surface area contributed by atoms with Gasteiger partial charge in [-0.2, -0.15) is 11.8 Å². The fourth-order valence-corrected chi connectivity index (χ4v) is 4.37. The van der Waals surface area contributed by atoms with Crippen LogP contribution in [-0.2, 0) is 4.74 Å². The van der Waals surface area contributed by atoms with Gasteiger partial charge in [0.15, 0.2) is 5.11 Å². The third kappa shape index (κ3) is 6.86. The highest BCUT2D eigenvalue weighted by Gasteiger charge is 2.13. The topological polar surface area (TPSA) is 50.4 Å². The van der Waals surface area contributed by atoms with Crippen LogP contribution in [0.4, 0.5) is 5.69 Å². The predicted octanol–water partition coefficient (Wildman–Crippen LogP) is 4.52. The van der Waals surface area contributed by atoms with Gasteiger partial charge in [-0.3, -0.25) is 0 Å². The molecular formula is C19H28N2O2S2. The van der Waals surface area contributed by atoms with Crippen molar-refractivity contribution in [3.8, 4) is 0 Å². The van der Waals surface area contributed by atoms with Crippen LogP contribution < -0.4 is 10.6 Å². The SMILES string of the molecule is CCOC(=O)c1ccc(NC(=S)NCCSC2CCCCC2)c(C)c1. The number of nitrogens with one attached hydrogen (secondary N) is 2. The third-order valence-electron chi connectivity index (χ3n) is 4.28. The van der Waals surface area contributed by atoms with E-state index < -0.39 is 0 Å². The molecule has 1 aliphatic rings. The molecule has 0 saturated heterocycles. The maximum atomic E-state index is 11.8. The Kier molecular flexibility index (Phi) is 8.55. The van der Waals surface area contributed by atoms with Crippen LogP contribution in [-0.4, -0.2) is 35.2 Å². The summed E-state index contributed by atoms with van der Waals surface area (Å²) in [7, 11) is 0. The highest BCUT2D eigenvalue weighted by atomic mass is 32.2. The lowest BCUT2D eigenvalue weighted by Crippen LogP contribution is -2.31. The van der Waals surface area contributed by atoms with Crippen molar-refractivity contribution in [3.63, 3.8) is 0 Å². The highest BCUT2D eigenvalue weighted by Crippen LogP contribution is 2.27. The number of esters is 1. The van der Waals surface area contributed by atoms with Crippen molar-refractivity contribution < 1.29 is 9.53 Å². The van der Waals surface area contributed by atoms with E-state index >= 15 is 0 Å². The third-order valence-corrected chi connectivity index (χ3v) is 5.91. The number of carbonyl (C=O) groups excluding carboxylic acids is 1. The van der Waals surface area contributed by atoms with E-state index in [1.165, 1.54) is 32.1 Å². The summed E-state index contributed by atoms with van der Waals surface area (Å²) in [6.07, 6.45) is 6.88. The fraction of sp³-hybridized carbons (Fsp3) is 0.579. The van der Waals surface area contributed by atoms with Crippen LogP contribution in [0.5, 0.6) is 0 Å². The second-order valence-corrected chi connectivity index (χ2v) is 8.08. The molecule has 0 atom stereocenters. The highest BCUT2D eigenvalue weighted by molar-refractivity contribution is 7.99. The minimum absolute atomic E-state index is 0.294. The monoisotopic (exact) mass is 380 g/mol. The largest absolute Gasteiger partial charge is 0.462 e. The lowest BCUT2D eigenvalue weighted by Gasteiger charge is -2.21. The summed E-state index contributed by atoms with van der Waals surface area (Å²) in [4.78, 5) is 11.8. The maximum Gasteiger partial charge on any atom is 0.338 e. The molecule has 0 heterocycles. The molecule has 6 heteroatoms. The number of thiocarbonyl (C=S) groups is 1. The zero-order valence-corrected chi connectivity index (χ0v) is 16.7. The molecule has 0 aromatic heterocycles. The molecule has 1 fully saturated rings. The van der Waals surface area contributed by atoms with E-state index in [9.17, 15) is 4.79 Å². The Morgan fingerprint density at radius 3 is 2.76 bits per heavy atom. The molecule has 0 spiro atoms. The number of aryl methyl sites for hydroxylation is 1. The molecule has 1 saturated carbocycles. The van der Waals surface area contributed by atoms with Gasteiger partial charge < -0.3 is 15.4 Å². The second kappa shape index (κ2) is 10.7. The molecule has 0 unspecified atom stereocenters. The van der Waals surface area contributed by atoms with Gasteiger partial charge in [-0.1, -0.05) is 19.3 Å². The van der Waals surface area contributed by atoms with Crippen molar-refractivity contribution in [3.05, 3.63) is 29.3 Å². The Morgan fingerprint density at radius 2 is 2.08 bits per heavy atom. The molecule has 0 aliphatic heterocycles. The van der Waals surface area contributed by atoms with Crippen LogP contribution in [0.2, 0.25) is 0 Å². The van der Waals surface area contributed by atoms with Crippen molar-refractivity contribution in [2.45, 2.75) is 51.2 Å². The second-order valence-electron chi connectivity index (χ2n) is 6.26. The first-order valence-corrected chi connectivity index (χ1v) is 10.5. The first-order valence-electron chi connectivity index (χ1n) is 9.04. The van der Waals surface area contributed by atoms with Crippen LogP contribution in [0.1, 0.15) is 54.9 Å². The Morgan fingerprint density at radius 1 is 1.32 bits per heavy atom. The fourth-order valence-electron chi connectivity index (χ4n) is 2.93. The number of ether oxygens (including phenoxy) is 1. The summed E-state index contributed by atoms with van der Waals surface area (Å²) >= 11 is 7.43. The van der Waals surface area contributed by atoms with E-state index in [0.29, 0.717) is 17.3 Å². The van der Waals surface area contributed by atoms with Crippen LogP contribution in [0.3, 0.4) is 0 Å². The normalized spacial score (nSPS) is 14.8. The summed E-state index contributed by atoms with van der Waals surface area (Å²) in [5.74, 6) is 0.783. The predicted molar refractivity (Wildman–Crippen MR) is 111 cm³/mol. The molecule has 1 aromatic carbocycles. The number of thioether (sulfide) groups is 1. The van der Waals surface area contributed by atoms with E-state index in [1.807, 2.05) is 19.1 Å². The molecule has 0 radical (unpaired) electrons. The standard InChI is InChI=1S/C19H28N2O2S2/c1-3-23-18(22)15-9-10-17(14(2)13-15)21-19(24)20-11-12-25-16-7-5-4-6-8-16/h9-10,13,16H,3-8,11-12H2,1-2H3,(H2,20,21,24). The molecule has 1 aliphatic carbocycles. The summed E-state index contributed by atoms with van der Waals surface area (Å²) in [6, 6.07) is 5.45. The Labute approximate surface area is 160 Å². The van der Waals surface area contributed by atoms with E-state index in [2.05, 4.69) is 22.4 Å². The van der Waals surface area contributed by atoms with Gasteiger partial charge in [-0.15, -0.1) is 0 Å². The summed E-state index contributed by atoms with van der Waals surface area (Å²) in [6.45, 7) is 5.00. The molecule has 4 nitrogen and oxygen atoms in total. The zero-order chi connectivity index (χ0) is 18.1. The number of benzene rings is 1. The average Bonchev–Trinajstić information content (AvgIpc) is 2.61. The first kappa shape index (κ1) is 20.0. The number of hydrogen-bond acceptors (Lipinski definition) is 4. The molecule has 2 rings (SSSR count). The molecule has 2 N–H and O–H groups in total. The zero-order valence-electron chi connectivity index (χ0n) is 15.1. The molecule has 1 aromatic rings. The average molecular weight is 381 g/mol. The number of hydrogen-bond donors (Lipinski definition) is 2. The van der Waals surface area contributed by atoms with Gasteiger partial charge in [0, 0.05) is 23.2 Å². The molecule has 138 valence electrons. The Bertz CT molecular complexity index is 587. The number of rotatable bonds is 7. The van der Waals surface area contributed by atoms with Crippen LogP contribution in [0.15, 0.2) is 18.2 Å². The van der Waals surface area contributed by atoms with E-state index in [0.717, 1.165) is 28.8 Å². The van der Waals surface area contributed by atoms with Crippen molar-refractivity contribution in [2.75, 3.05) is 24.2 Å². The van der Waals surface area contributed by atoms with Crippen LogP contribution >= 0.6 is 24.0 Å². The minimum Gasteiger partial charge on any atom is -0.462 e. The molecule has 0 bridgehead atoms. The smallest absolute Gasteiger partial charge is 0.338 e. The van der Waals surface area contributed by atoms with Gasteiger partial charge in [0.25, 0.3) is 0 Å².